The van der Waals surface area contributed by atoms with Crippen molar-refractivity contribution in [2.24, 2.45) is 0 Å². The highest BCUT2D eigenvalue weighted by Gasteiger charge is 1.73. The molecule has 0 saturated heterocycles. The van der Waals surface area contributed by atoms with Gasteiger partial charge in [-0.2, -0.15) is 0 Å². The standard InChI is InChI=1S/C5H11NO/c1-2-3-4-6-5-7/h2-3,6-7H,4-5H2,1H3/p+1. The van der Waals surface area contributed by atoms with E-state index < -0.39 is 0 Å². The van der Waals surface area contributed by atoms with E-state index in [2.05, 4.69) is 0 Å². The highest BCUT2D eigenvalue weighted by molar-refractivity contribution is 4.74. The van der Waals surface area contributed by atoms with Crippen molar-refractivity contribution in [3.05, 3.63) is 12.2 Å². The molecule has 0 aliphatic rings. The molecule has 3 N–H and O–H groups in total. The van der Waals surface area contributed by atoms with Gasteiger partial charge in [0.2, 0.25) is 0 Å². The van der Waals surface area contributed by atoms with Crippen LogP contribution in [0.15, 0.2) is 12.2 Å². The number of aliphatic hydroxyl groups excluding tert-OH is 1. The Labute approximate surface area is 43.9 Å². The first-order valence-corrected chi connectivity index (χ1v) is 2.45. The van der Waals surface area contributed by atoms with Crippen LogP contribution in [0.5, 0.6) is 0 Å². The van der Waals surface area contributed by atoms with Crippen molar-refractivity contribution >= 4 is 0 Å². The Hall–Kier alpha value is -0.340. The van der Waals surface area contributed by atoms with Crippen LogP contribution in [0.3, 0.4) is 0 Å². The smallest absolute Gasteiger partial charge is 0.177 e. The molecule has 0 heterocycles. The van der Waals surface area contributed by atoms with E-state index in [9.17, 15) is 0 Å². The summed E-state index contributed by atoms with van der Waals surface area (Å²) in [5.74, 6) is 0. The third-order valence-electron chi connectivity index (χ3n) is 0.668. The molecule has 2 heteroatoms. The van der Waals surface area contributed by atoms with E-state index in [0.717, 1.165) is 6.54 Å². The van der Waals surface area contributed by atoms with Gasteiger partial charge in [-0.25, -0.2) is 0 Å². The fraction of sp³-hybridized carbons (Fsp3) is 0.600. The third kappa shape index (κ3) is 5.66. The van der Waals surface area contributed by atoms with Gasteiger partial charge in [0.05, 0.1) is 6.54 Å². The minimum Gasteiger partial charge on any atom is -0.347 e. The first-order valence-electron chi connectivity index (χ1n) is 2.45. The molecule has 0 aromatic carbocycles. The van der Waals surface area contributed by atoms with Gasteiger partial charge in [0.25, 0.3) is 0 Å². The second-order valence-electron chi connectivity index (χ2n) is 1.28. The highest BCUT2D eigenvalue weighted by Crippen LogP contribution is 1.57. The molecule has 0 saturated carbocycles. The van der Waals surface area contributed by atoms with E-state index in [4.69, 9.17) is 5.11 Å². The lowest BCUT2D eigenvalue weighted by Gasteiger charge is -1.85. The molecule has 0 atom stereocenters. The topological polar surface area (TPSA) is 36.8 Å². The van der Waals surface area contributed by atoms with E-state index in [1.54, 1.807) is 5.32 Å². The van der Waals surface area contributed by atoms with Crippen LogP contribution >= 0.6 is 0 Å². The van der Waals surface area contributed by atoms with Crippen molar-refractivity contribution in [1.82, 2.24) is 0 Å². The fourth-order valence-corrected chi connectivity index (χ4v) is 0.307. The predicted octanol–water partition coefficient (Wildman–Crippen LogP) is -0.924. The molecule has 0 aliphatic carbocycles. The molecule has 0 aliphatic heterocycles. The Morgan fingerprint density at radius 2 is 2.43 bits per heavy atom. The summed E-state index contributed by atoms with van der Waals surface area (Å²) in [6, 6.07) is 0. The number of rotatable bonds is 3. The summed E-state index contributed by atoms with van der Waals surface area (Å²) >= 11 is 0. The monoisotopic (exact) mass is 102 g/mol. The lowest BCUT2D eigenvalue weighted by Crippen LogP contribution is -2.84. The van der Waals surface area contributed by atoms with E-state index >= 15 is 0 Å². The molecule has 0 radical (unpaired) electrons. The lowest BCUT2D eigenvalue weighted by molar-refractivity contribution is -0.676. The largest absolute Gasteiger partial charge is 0.347 e. The molecule has 0 amide bonds. The van der Waals surface area contributed by atoms with Crippen LogP contribution in [-0.2, 0) is 0 Å². The molecule has 0 fully saturated rings. The lowest BCUT2D eigenvalue weighted by atomic mass is 10.5. The molecule has 42 valence electrons. The summed E-state index contributed by atoms with van der Waals surface area (Å²) in [5, 5.41) is 10.0. The van der Waals surface area contributed by atoms with Crippen LogP contribution in [-0.4, -0.2) is 18.4 Å². The summed E-state index contributed by atoms with van der Waals surface area (Å²) in [6.07, 6.45) is 3.96. The summed E-state index contributed by atoms with van der Waals surface area (Å²) in [7, 11) is 0. The Bertz CT molecular complexity index is 52.0. The fourth-order valence-electron chi connectivity index (χ4n) is 0.307. The number of aliphatic hydroxyl groups is 1. The highest BCUT2D eigenvalue weighted by atomic mass is 16.3. The summed E-state index contributed by atoms with van der Waals surface area (Å²) in [5.41, 5.74) is 0. The van der Waals surface area contributed by atoms with Crippen LogP contribution in [0.2, 0.25) is 0 Å². The Morgan fingerprint density at radius 1 is 1.71 bits per heavy atom. The first-order chi connectivity index (χ1) is 3.41. The van der Waals surface area contributed by atoms with E-state index in [1.165, 1.54) is 0 Å². The zero-order valence-corrected chi connectivity index (χ0v) is 4.59. The van der Waals surface area contributed by atoms with Gasteiger partial charge in [0.1, 0.15) is 0 Å². The van der Waals surface area contributed by atoms with Gasteiger partial charge in [-0.3, -0.25) is 0 Å². The van der Waals surface area contributed by atoms with E-state index in [1.807, 2.05) is 19.1 Å². The van der Waals surface area contributed by atoms with Crippen LogP contribution in [0.4, 0.5) is 0 Å². The van der Waals surface area contributed by atoms with Crippen LogP contribution < -0.4 is 5.32 Å². The molecule has 7 heavy (non-hydrogen) atoms. The summed E-state index contributed by atoms with van der Waals surface area (Å²) < 4.78 is 0. The number of hydrogen-bond acceptors (Lipinski definition) is 1. The summed E-state index contributed by atoms with van der Waals surface area (Å²) in [6.45, 7) is 3.03. The molecular formula is C5H12NO+. The van der Waals surface area contributed by atoms with Crippen molar-refractivity contribution in [2.75, 3.05) is 13.3 Å². The van der Waals surface area contributed by atoms with Crippen LogP contribution in [0.25, 0.3) is 0 Å². The van der Waals surface area contributed by atoms with Gasteiger partial charge < -0.3 is 10.4 Å². The minimum absolute atomic E-state index is 0.185. The van der Waals surface area contributed by atoms with Gasteiger partial charge in [0, 0.05) is 0 Å². The second-order valence-corrected chi connectivity index (χ2v) is 1.28. The number of nitrogens with two attached hydrogens (primary N) is 1. The van der Waals surface area contributed by atoms with Crippen molar-refractivity contribution in [3.8, 4) is 0 Å². The van der Waals surface area contributed by atoms with Gasteiger partial charge in [-0.05, 0) is 13.0 Å². The molecule has 0 aromatic rings. The molecule has 0 unspecified atom stereocenters. The van der Waals surface area contributed by atoms with Gasteiger partial charge in [0.15, 0.2) is 6.73 Å². The summed E-state index contributed by atoms with van der Waals surface area (Å²) in [4.78, 5) is 0. The SMILES string of the molecule is CC=CC[NH2+]CO. The van der Waals surface area contributed by atoms with Gasteiger partial charge in [-0.1, -0.05) is 6.08 Å². The minimum atomic E-state index is 0.185. The quantitative estimate of drug-likeness (QED) is 0.270. The first kappa shape index (κ1) is 6.66. The molecule has 2 nitrogen and oxygen atoms in total. The molecule has 0 bridgehead atoms. The van der Waals surface area contributed by atoms with Crippen LogP contribution in [0.1, 0.15) is 6.92 Å². The number of allylic oxidation sites excluding steroid dienone is 1. The zero-order valence-electron chi connectivity index (χ0n) is 4.59. The second kappa shape index (κ2) is 5.66. The van der Waals surface area contributed by atoms with Crippen molar-refractivity contribution in [3.63, 3.8) is 0 Å². The average Bonchev–Trinajstić information content (AvgIpc) is 1.69. The molecule has 0 aromatic heterocycles. The predicted molar refractivity (Wildman–Crippen MR) is 28.7 cm³/mol. The van der Waals surface area contributed by atoms with E-state index in [0.29, 0.717) is 0 Å². The maximum absolute atomic E-state index is 8.20. The van der Waals surface area contributed by atoms with Crippen molar-refractivity contribution in [1.29, 1.82) is 0 Å². The average molecular weight is 102 g/mol. The zero-order chi connectivity index (χ0) is 5.54. The Balaban J connectivity index is 2.69. The normalized spacial score (nSPS) is 10.6. The maximum atomic E-state index is 8.20. The van der Waals surface area contributed by atoms with Gasteiger partial charge >= 0.3 is 0 Å². The maximum Gasteiger partial charge on any atom is 0.177 e. The third-order valence-corrected chi connectivity index (χ3v) is 0.668. The van der Waals surface area contributed by atoms with Crippen molar-refractivity contribution < 1.29 is 10.4 Å². The number of quaternary nitrogens is 1. The van der Waals surface area contributed by atoms with E-state index in [-0.39, 0.29) is 6.73 Å². The molecule has 0 rings (SSSR count). The molecular weight excluding hydrogens is 90.1 g/mol. The molecule has 0 spiro atoms. The Morgan fingerprint density at radius 3 is 2.86 bits per heavy atom. The Kier molecular flexibility index (Phi) is 5.39. The van der Waals surface area contributed by atoms with Crippen molar-refractivity contribution in [2.45, 2.75) is 6.92 Å². The van der Waals surface area contributed by atoms with Gasteiger partial charge in [-0.15, -0.1) is 0 Å². The van der Waals surface area contributed by atoms with Crippen LogP contribution in [0, 0.1) is 0 Å². The number of hydrogen-bond donors (Lipinski definition) is 2.